The Morgan fingerprint density at radius 1 is 1.45 bits per heavy atom. The number of aliphatic hydroxyl groups is 1. The van der Waals surface area contributed by atoms with Gasteiger partial charge in [-0.25, -0.2) is 0 Å². The van der Waals surface area contributed by atoms with Crippen LogP contribution in [0.4, 0.5) is 5.69 Å². The standard InChI is InChI=1S/C9H12NO/c11-8-4-7-10-9-5-2-1-3-6-9/h1-3,5,10-11H,4,7-8H2. The second-order valence-electron chi connectivity index (χ2n) is 2.28. The van der Waals surface area contributed by atoms with Crippen LogP contribution in [0.25, 0.3) is 0 Å². The van der Waals surface area contributed by atoms with Crippen LogP contribution in [0.15, 0.2) is 24.3 Å². The minimum absolute atomic E-state index is 0.236. The number of hydrogen-bond donors (Lipinski definition) is 2. The molecule has 0 fully saturated rings. The Kier molecular flexibility index (Phi) is 3.48. The van der Waals surface area contributed by atoms with Gasteiger partial charge in [0.1, 0.15) is 0 Å². The van der Waals surface area contributed by atoms with Crippen LogP contribution in [0.3, 0.4) is 0 Å². The third-order valence-corrected chi connectivity index (χ3v) is 1.36. The van der Waals surface area contributed by atoms with Gasteiger partial charge in [0, 0.05) is 24.9 Å². The summed E-state index contributed by atoms with van der Waals surface area (Å²) in [6, 6.07) is 10.7. The van der Waals surface area contributed by atoms with Crippen molar-refractivity contribution in [3.05, 3.63) is 30.3 Å². The highest BCUT2D eigenvalue weighted by atomic mass is 16.3. The molecule has 0 bridgehead atoms. The fraction of sp³-hybridized carbons (Fsp3) is 0.333. The number of anilines is 1. The van der Waals surface area contributed by atoms with Gasteiger partial charge in [0.15, 0.2) is 0 Å². The summed E-state index contributed by atoms with van der Waals surface area (Å²) in [5, 5.41) is 11.6. The number of para-hydroxylation sites is 1. The van der Waals surface area contributed by atoms with Crippen LogP contribution in [0.2, 0.25) is 0 Å². The Morgan fingerprint density at radius 3 is 3.00 bits per heavy atom. The van der Waals surface area contributed by atoms with Crippen molar-refractivity contribution in [2.45, 2.75) is 6.42 Å². The van der Waals surface area contributed by atoms with Crippen molar-refractivity contribution in [2.24, 2.45) is 0 Å². The van der Waals surface area contributed by atoms with Gasteiger partial charge in [-0.3, -0.25) is 0 Å². The zero-order valence-corrected chi connectivity index (χ0v) is 6.38. The molecular formula is C9H12NO. The largest absolute Gasteiger partial charge is 0.396 e. The van der Waals surface area contributed by atoms with Gasteiger partial charge < -0.3 is 10.4 Å². The molecule has 0 unspecified atom stereocenters. The number of benzene rings is 1. The lowest BCUT2D eigenvalue weighted by Gasteiger charge is -2.02. The van der Waals surface area contributed by atoms with Crippen LogP contribution in [0.5, 0.6) is 0 Å². The molecule has 0 aliphatic rings. The van der Waals surface area contributed by atoms with E-state index in [0.29, 0.717) is 0 Å². The normalized spacial score (nSPS) is 9.55. The maximum atomic E-state index is 8.49. The SMILES string of the molecule is OCCCNc1[c]cccc1. The van der Waals surface area contributed by atoms with Crippen molar-refractivity contribution in [3.8, 4) is 0 Å². The number of nitrogens with one attached hydrogen (secondary N) is 1. The van der Waals surface area contributed by atoms with E-state index in [1.807, 2.05) is 24.3 Å². The fourth-order valence-corrected chi connectivity index (χ4v) is 0.805. The topological polar surface area (TPSA) is 32.3 Å². The Bertz CT molecular complexity index is 186. The monoisotopic (exact) mass is 150 g/mol. The molecule has 1 aromatic carbocycles. The van der Waals surface area contributed by atoms with Crippen molar-refractivity contribution in [3.63, 3.8) is 0 Å². The lowest BCUT2D eigenvalue weighted by atomic mass is 10.3. The zero-order chi connectivity index (χ0) is 7.94. The molecule has 1 rings (SSSR count). The fourth-order valence-electron chi connectivity index (χ4n) is 0.805. The molecular weight excluding hydrogens is 138 g/mol. The second kappa shape index (κ2) is 4.74. The third kappa shape index (κ3) is 3.05. The van der Waals surface area contributed by atoms with E-state index < -0.39 is 0 Å². The highest BCUT2D eigenvalue weighted by molar-refractivity contribution is 5.40. The van der Waals surface area contributed by atoms with Crippen LogP contribution in [-0.2, 0) is 0 Å². The van der Waals surface area contributed by atoms with E-state index >= 15 is 0 Å². The summed E-state index contributed by atoms with van der Waals surface area (Å²) >= 11 is 0. The van der Waals surface area contributed by atoms with E-state index in [-0.39, 0.29) is 6.61 Å². The maximum absolute atomic E-state index is 8.49. The van der Waals surface area contributed by atoms with E-state index in [1.165, 1.54) is 0 Å². The van der Waals surface area contributed by atoms with Gasteiger partial charge in [-0.2, -0.15) is 0 Å². The minimum Gasteiger partial charge on any atom is -0.396 e. The minimum atomic E-state index is 0.236. The molecule has 11 heavy (non-hydrogen) atoms. The van der Waals surface area contributed by atoms with Gasteiger partial charge in [-0.05, 0) is 12.5 Å². The molecule has 2 N–H and O–H groups in total. The van der Waals surface area contributed by atoms with Crippen molar-refractivity contribution in [1.29, 1.82) is 0 Å². The van der Waals surface area contributed by atoms with E-state index in [0.717, 1.165) is 18.7 Å². The third-order valence-electron chi connectivity index (χ3n) is 1.36. The van der Waals surface area contributed by atoms with E-state index in [1.54, 1.807) is 0 Å². The molecule has 1 aromatic rings. The van der Waals surface area contributed by atoms with E-state index in [9.17, 15) is 0 Å². The van der Waals surface area contributed by atoms with Crippen LogP contribution in [-0.4, -0.2) is 18.3 Å². The van der Waals surface area contributed by atoms with Crippen LogP contribution < -0.4 is 5.32 Å². The Labute approximate surface area is 66.9 Å². The van der Waals surface area contributed by atoms with Crippen molar-refractivity contribution >= 4 is 5.69 Å². The lowest BCUT2D eigenvalue weighted by Crippen LogP contribution is -2.02. The first-order valence-electron chi connectivity index (χ1n) is 3.75. The average molecular weight is 150 g/mol. The van der Waals surface area contributed by atoms with E-state index in [2.05, 4.69) is 11.4 Å². The van der Waals surface area contributed by atoms with Gasteiger partial charge in [0.2, 0.25) is 0 Å². The molecule has 0 aliphatic heterocycles. The average Bonchev–Trinajstić information content (AvgIpc) is 2.07. The summed E-state index contributed by atoms with van der Waals surface area (Å²) in [6.45, 7) is 1.04. The lowest BCUT2D eigenvalue weighted by molar-refractivity contribution is 0.292. The number of aliphatic hydroxyl groups excluding tert-OH is 1. The van der Waals surface area contributed by atoms with Gasteiger partial charge in [0.25, 0.3) is 0 Å². The first-order chi connectivity index (χ1) is 5.43. The second-order valence-corrected chi connectivity index (χ2v) is 2.28. The number of hydrogen-bond acceptors (Lipinski definition) is 2. The summed E-state index contributed by atoms with van der Waals surface area (Å²) < 4.78 is 0. The maximum Gasteiger partial charge on any atom is 0.0447 e. The van der Waals surface area contributed by atoms with Crippen LogP contribution in [0, 0.1) is 6.07 Å². The van der Waals surface area contributed by atoms with Gasteiger partial charge >= 0.3 is 0 Å². The molecule has 2 heteroatoms. The quantitative estimate of drug-likeness (QED) is 0.634. The van der Waals surface area contributed by atoms with Crippen molar-refractivity contribution < 1.29 is 5.11 Å². The van der Waals surface area contributed by atoms with Crippen LogP contribution >= 0.6 is 0 Å². The molecule has 0 saturated carbocycles. The molecule has 2 nitrogen and oxygen atoms in total. The first kappa shape index (κ1) is 8.08. The van der Waals surface area contributed by atoms with Gasteiger partial charge in [-0.15, -0.1) is 0 Å². The molecule has 0 atom stereocenters. The molecule has 0 amide bonds. The van der Waals surface area contributed by atoms with E-state index in [4.69, 9.17) is 5.11 Å². The highest BCUT2D eigenvalue weighted by Gasteiger charge is 1.87. The predicted octanol–water partition coefficient (Wildman–Crippen LogP) is 1.28. The predicted molar refractivity (Wildman–Crippen MR) is 45.5 cm³/mol. The Hall–Kier alpha value is -1.02. The zero-order valence-electron chi connectivity index (χ0n) is 6.38. The Balaban J connectivity index is 2.28. The summed E-state index contributed by atoms with van der Waals surface area (Å²) in [5.41, 5.74) is 0.987. The number of rotatable bonds is 4. The molecule has 59 valence electrons. The summed E-state index contributed by atoms with van der Waals surface area (Å²) in [6.07, 6.45) is 0.780. The van der Waals surface area contributed by atoms with Crippen LogP contribution in [0.1, 0.15) is 6.42 Å². The van der Waals surface area contributed by atoms with Crippen molar-refractivity contribution in [1.82, 2.24) is 0 Å². The molecule has 1 radical (unpaired) electrons. The molecule has 0 saturated heterocycles. The first-order valence-corrected chi connectivity index (χ1v) is 3.75. The molecule has 0 aliphatic carbocycles. The molecule has 0 spiro atoms. The summed E-state index contributed by atoms with van der Waals surface area (Å²) in [7, 11) is 0. The Morgan fingerprint density at radius 2 is 2.36 bits per heavy atom. The summed E-state index contributed by atoms with van der Waals surface area (Å²) in [5.74, 6) is 0. The molecule has 0 heterocycles. The summed E-state index contributed by atoms with van der Waals surface area (Å²) in [4.78, 5) is 0. The van der Waals surface area contributed by atoms with Gasteiger partial charge in [-0.1, -0.05) is 18.2 Å². The van der Waals surface area contributed by atoms with Gasteiger partial charge in [0.05, 0.1) is 0 Å². The van der Waals surface area contributed by atoms with Crippen molar-refractivity contribution in [2.75, 3.05) is 18.5 Å². The smallest absolute Gasteiger partial charge is 0.0447 e. The highest BCUT2D eigenvalue weighted by Crippen LogP contribution is 2.02. The molecule has 0 aromatic heterocycles.